The van der Waals surface area contributed by atoms with E-state index in [1.807, 2.05) is 18.2 Å². The Kier molecular flexibility index (Phi) is 4.50. The number of anilines is 1. The maximum absolute atomic E-state index is 5.54. The van der Waals surface area contributed by atoms with Crippen molar-refractivity contribution >= 4 is 24.4 Å². The summed E-state index contributed by atoms with van der Waals surface area (Å²) in [5.41, 5.74) is 4.37. The summed E-state index contributed by atoms with van der Waals surface area (Å²) in [4.78, 5) is 2.29. The molecular weight excluding hydrogens is 318 g/mol. The number of methoxy groups -OCH3 is 2. The number of rotatable bonds is 4. The third-order valence-electron chi connectivity index (χ3n) is 4.54. The topological polar surface area (TPSA) is 21.7 Å². The summed E-state index contributed by atoms with van der Waals surface area (Å²) in [5.74, 6) is 2.28. The molecule has 1 aliphatic rings. The molecule has 2 aromatic carbocycles. The van der Waals surface area contributed by atoms with Crippen molar-refractivity contribution in [2.75, 3.05) is 25.0 Å². The second kappa shape index (κ2) is 6.44. The SMILES string of the molecule is COc1cccc(OC)c1-c1ccc2c(c1)C=CC(C)(C)N2CS. The molecule has 3 nitrogen and oxygen atoms in total. The van der Waals surface area contributed by atoms with Gasteiger partial charge < -0.3 is 14.4 Å². The molecule has 3 rings (SSSR count). The highest BCUT2D eigenvalue weighted by atomic mass is 32.1. The van der Waals surface area contributed by atoms with Crippen molar-refractivity contribution in [2.45, 2.75) is 19.4 Å². The van der Waals surface area contributed by atoms with E-state index in [2.05, 4.69) is 61.7 Å². The molecule has 24 heavy (non-hydrogen) atoms. The van der Waals surface area contributed by atoms with Crippen LogP contribution in [0.25, 0.3) is 17.2 Å². The summed E-state index contributed by atoms with van der Waals surface area (Å²) in [6.07, 6.45) is 4.40. The highest BCUT2D eigenvalue weighted by molar-refractivity contribution is 7.80. The van der Waals surface area contributed by atoms with E-state index in [0.717, 1.165) is 22.6 Å². The van der Waals surface area contributed by atoms with Gasteiger partial charge in [0.15, 0.2) is 0 Å². The normalized spacial score (nSPS) is 15.1. The van der Waals surface area contributed by atoms with Crippen molar-refractivity contribution in [3.63, 3.8) is 0 Å². The van der Waals surface area contributed by atoms with Gasteiger partial charge in [-0.1, -0.05) is 24.3 Å². The van der Waals surface area contributed by atoms with Gasteiger partial charge in [0.25, 0.3) is 0 Å². The van der Waals surface area contributed by atoms with Crippen LogP contribution in [0.1, 0.15) is 19.4 Å². The highest BCUT2D eigenvalue weighted by Crippen LogP contribution is 2.42. The van der Waals surface area contributed by atoms with Crippen LogP contribution in [0.3, 0.4) is 0 Å². The molecule has 126 valence electrons. The molecule has 0 saturated heterocycles. The number of fused-ring (bicyclic) bond motifs is 1. The van der Waals surface area contributed by atoms with Gasteiger partial charge >= 0.3 is 0 Å². The molecule has 1 heterocycles. The van der Waals surface area contributed by atoms with E-state index in [-0.39, 0.29) is 5.54 Å². The maximum atomic E-state index is 5.54. The predicted octanol–water partition coefficient (Wildman–Crippen LogP) is 4.87. The monoisotopic (exact) mass is 341 g/mol. The lowest BCUT2D eigenvalue weighted by Crippen LogP contribution is -2.43. The molecular formula is C20H23NO2S. The molecule has 0 unspecified atom stereocenters. The highest BCUT2D eigenvalue weighted by Gasteiger charge is 2.28. The van der Waals surface area contributed by atoms with Gasteiger partial charge in [-0.15, -0.1) is 0 Å². The molecule has 0 spiro atoms. The zero-order valence-corrected chi connectivity index (χ0v) is 15.4. The summed E-state index contributed by atoms with van der Waals surface area (Å²) >= 11 is 4.51. The van der Waals surface area contributed by atoms with E-state index >= 15 is 0 Å². The van der Waals surface area contributed by atoms with E-state index in [4.69, 9.17) is 9.47 Å². The summed E-state index contributed by atoms with van der Waals surface area (Å²) in [5, 5.41) is 0. The summed E-state index contributed by atoms with van der Waals surface area (Å²) in [7, 11) is 3.36. The Morgan fingerprint density at radius 2 is 1.71 bits per heavy atom. The molecule has 0 atom stereocenters. The first-order valence-electron chi connectivity index (χ1n) is 7.95. The van der Waals surface area contributed by atoms with Crippen LogP contribution >= 0.6 is 12.6 Å². The van der Waals surface area contributed by atoms with Crippen LogP contribution in [0.2, 0.25) is 0 Å². The second-order valence-electron chi connectivity index (χ2n) is 6.37. The minimum atomic E-state index is -0.0433. The molecule has 0 fully saturated rings. The summed E-state index contributed by atoms with van der Waals surface area (Å²) in [6.45, 7) is 4.39. The molecule has 0 bridgehead atoms. The lowest BCUT2D eigenvalue weighted by molar-refractivity contribution is 0.397. The van der Waals surface area contributed by atoms with Crippen molar-refractivity contribution in [1.29, 1.82) is 0 Å². The second-order valence-corrected chi connectivity index (χ2v) is 6.65. The van der Waals surface area contributed by atoms with Crippen LogP contribution in [0.4, 0.5) is 5.69 Å². The minimum Gasteiger partial charge on any atom is -0.496 e. The standard InChI is InChI=1S/C20H23NO2S/c1-20(2)11-10-14-12-15(8-9-16(14)21(20)13-24)19-17(22-3)6-5-7-18(19)23-4/h5-12,24H,13H2,1-4H3. The van der Waals surface area contributed by atoms with Crippen LogP contribution in [-0.4, -0.2) is 25.6 Å². The van der Waals surface area contributed by atoms with Crippen molar-refractivity contribution in [1.82, 2.24) is 0 Å². The Hall–Kier alpha value is -2.07. The van der Waals surface area contributed by atoms with Crippen LogP contribution in [-0.2, 0) is 0 Å². The summed E-state index contributed by atoms with van der Waals surface area (Å²) in [6, 6.07) is 12.3. The first-order valence-corrected chi connectivity index (χ1v) is 8.58. The van der Waals surface area contributed by atoms with Gasteiger partial charge in [0.1, 0.15) is 11.5 Å². The lowest BCUT2D eigenvalue weighted by Gasteiger charge is -2.41. The van der Waals surface area contributed by atoms with Crippen LogP contribution in [0.15, 0.2) is 42.5 Å². The van der Waals surface area contributed by atoms with Crippen LogP contribution in [0.5, 0.6) is 11.5 Å². The number of benzene rings is 2. The van der Waals surface area contributed by atoms with E-state index in [1.165, 1.54) is 11.3 Å². The Morgan fingerprint density at radius 3 is 2.29 bits per heavy atom. The molecule has 2 aromatic rings. The fraction of sp³-hybridized carbons (Fsp3) is 0.300. The van der Waals surface area contributed by atoms with Crippen LogP contribution < -0.4 is 14.4 Å². The maximum Gasteiger partial charge on any atom is 0.130 e. The third kappa shape index (κ3) is 2.75. The Bertz CT molecular complexity index is 761. The summed E-state index contributed by atoms with van der Waals surface area (Å²) < 4.78 is 11.1. The Balaban J connectivity index is 2.15. The largest absolute Gasteiger partial charge is 0.496 e. The average Bonchev–Trinajstić information content (AvgIpc) is 2.60. The smallest absolute Gasteiger partial charge is 0.130 e. The fourth-order valence-corrected chi connectivity index (χ4v) is 3.69. The zero-order valence-electron chi connectivity index (χ0n) is 14.5. The number of nitrogens with zero attached hydrogens (tertiary/aromatic N) is 1. The van der Waals surface area contributed by atoms with E-state index in [0.29, 0.717) is 5.88 Å². The van der Waals surface area contributed by atoms with E-state index < -0.39 is 0 Å². The molecule has 0 N–H and O–H groups in total. The average molecular weight is 341 g/mol. The van der Waals surface area contributed by atoms with Crippen molar-refractivity contribution in [2.24, 2.45) is 0 Å². The van der Waals surface area contributed by atoms with Crippen LogP contribution in [0, 0.1) is 0 Å². The first kappa shape index (κ1) is 16.8. The lowest BCUT2D eigenvalue weighted by atomic mass is 9.92. The van der Waals surface area contributed by atoms with Gasteiger partial charge in [-0.05, 0) is 49.2 Å². The van der Waals surface area contributed by atoms with E-state index in [9.17, 15) is 0 Å². The van der Waals surface area contributed by atoms with Gasteiger partial charge in [0, 0.05) is 5.69 Å². The van der Waals surface area contributed by atoms with Gasteiger partial charge in [-0.3, -0.25) is 0 Å². The number of ether oxygens (including phenoxy) is 2. The van der Waals surface area contributed by atoms with Gasteiger partial charge in [-0.25, -0.2) is 0 Å². The van der Waals surface area contributed by atoms with Crippen molar-refractivity contribution in [3.8, 4) is 22.6 Å². The number of hydrogen-bond donors (Lipinski definition) is 1. The van der Waals surface area contributed by atoms with Gasteiger partial charge in [0.05, 0.1) is 31.2 Å². The van der Waals surface area contributed by atoms with Gasteiger partial charge in [0.2, 0.25) is 0 Å². The van der Waals surface area contributed by atoms with Crippen molar-refractivity contribution in [3.05, 3.63) is 48.0 Å². The first-order chi connectivity index (χ1) is 11.5. The zero-order chi connectivity index (χ0) is 17.3. The fourth-order valence-electron chi connectivity index (χ4n) is 3.18. The Labute approximate surface area is 149 Å². The minimum absolute atomic E-state index is 0.0433. The predicted molar refractivity (Wildman–Crippen MR) is 104 cm³/mol. The molecule has 0 aliphatic carbocycles. The molecule has 0 amide bonds. The molecule has 0 radical (unpaired) electrons. The molecule has 4 heteroatoms. The molecule has 0 saturated carbocycles. The number of thiol groups is 1. The van der Waals surface area contributed by atoms with E-state index in [1.54, 1.807) is 14.2 Å². The third-order valence-corrected chi connectivity index (χ3v) is 4.83. The molecule has 0 aromatic heterocycles. The van der Waals surface area contributed by atoms with Gasteiger partial charge in [-0.2, -0.15) is 12.6 Å². The Morgan fingerprint density at radius 1 is 1.04 bits per heavy atom. The molecule has 1 aliphatic heterocycles. The quantitative estimate of drug-likeness (QED) is 0.802. The number of hydrogen-bond acceptors (Lipinski definition) is 4. The van der Waals surface area contributed by atoms with Crippen molar-refractivity contribution < 1.29 is 9.47 Å².